The molecule has 3 rings (SSSR count). The van der Waals surface area contributed by atoms with Gasteiger partial charge in [-0.25, -0.2) is 0 Å². The molecule has 1 aliphatic rings. The van der Waals surface area contributed by atoms with Crippen molar-refractivity contribution in [2.75, 3.05) is 19.7 Å². The van der Waals surface area contributed by atoms with Crippen molar-refractivity contribution >= 4 is 17.7 Å². The minimum Gasteiger partial charge on any atom is -0.480 e. The van der Waals surface area contributed by atoms with Crippen LogP contribution in [0.4, 0.5) is 0 Å². The number of Topliss-reactive ketones (excluding diaryl/α,β-unsaturated/α-hetero) is 1. The van der Waals surface area contributed by atoms with Crippen LogP contribution in [0.25, 0.3) is 0 Å². The molecule has 0 spiro atoms. The first-order valence-corrected chi connectivity index (χ1v) is 11.4. The summed E-state index contributed by atoms with van der Waals surface area (Å²) in [5.74, 6) is -1.52. The van der Waals surface area contributed by atoms with Crippen molar-refractivity contribution in [2.24, 2.45) is 0 Å². The van der Waals surface area contributed by atoms with Crippen molar-refractivity contribution in [1.82, 2.24) is 10.2 Å². The number of aliphatic carboxylic acids is 1. The van der Waals surface area contributed by atoms with E-state index in [2.05, 4.69) is 5.32 Å². The molecule has 2 aromatic carbocycles. The molecule has 1 heterocycles. The number of hydrogen-bond acceptors (Lipinski definition) is 6. The fourth-order valence-electron chi connectivity index (χ4n) is 4.38. The summed E-state index contributed by atoms with van der Waals surface area (Å²) in [6, 6.07) is 15.5. The summed E-state index contributed by atoms with van der Waals surface area (Å²) in [5, 5.41) is 12.6. The monoisotopic (exact) mass is 452 g/mol. The van der Waals surface area contributed by atoms with Crippen molar-refractivity contribution in [3.63, 3.8) is 0 Å². The van der Waals surface area contributed by atoms with E-state index in [1.165, 1.54) is 0 Å². The Labute approximate surface area is 194 Å². The zero-order chi connectivity index (χ0) is 23.8. The second-order valence-electron chi connectivity index (χ2n) is 8.34. The first-order valence-electron chi connectivity index (χ1n) is 11.4. The lowest BCUT2D eigenvalue weighted by molar-refractivity contribution is -0.146. The number of ketones is 1. The van der Waals surface area contributed by atoms with Crippen molar-refractivity contribution < 1.29 is 24.2 Å². The van der Waals surface area contributed by atoms with E-state index in [0.717, 1.165) is 16.7 Å². The summed E-state index contributed by atoms with van der Waals surface area (Å²) in [5.41, 5.74) is 2.98. The molecule has 0 aliphatic carbocycles. The topological polar surface area (TPSA) is 95.9 Å². The van der Waals surface area contributed by atoms with Crippen LogP contribution in [0.5, 0.6) is 0 Å². The highest BCUT2D eigenvalue weighted by Gasteiger charge is 2.37. The van der Waals surface area contributed by atoms with Gasteiger partial charge in [0.2, 0.25) is 0 Å². The highest BCUT2D eigenvalue weighted by molar-refractivity contribution is 5.91. The van der Waals surface area contributed by atoms with Gasteiger partial charge in [0.15, 0.2) is 5.78 Å². The lowest BCUT2D eigenvalue weighted by Gasteiger charge is -2.37. The number of rotatable bonds is 11. The van der Waals surface area contributed by atoms with Crippen LogP contribution in [0.3, 0.4) is 0 Å². The molecule has 0 radical (unpaired) electrons. The van der Waals surface area contributed by atoms with E-state index in [-0.39, 0.29) is 24.9 Å². The minimum atomic E-state index is -0.972. The van der Waals surface area contributed by atoms with Gasteiger partial charge in [0, 0.05) is 6.54 Å². The van der Waals surface area contributed by atoms with Gasteiger partial charge in [0.25, 0.3) is 0 Å². The fraction of sp³-hybridized carbons (Fsp3) is 0.423. The van der Waals surface area contributed by atoms with E-state index in [9.17, 15) is 19.5 Å². The van der Waals surface area contributed by atoms with Crippen molar-refractivity contribution in [1.29, 1.82) is 0 Å². The zero-order valence-electron chi connectivity index (χ0n) is 19.2. The molecular weight excluding hydrogens is 420 g/mol. The second kappa shape index (κ2) is 11.7. The van der Waals surface area contributed by atoms with Crippen LogP contribution in [-0.2, 0) is 32.0 Å². The van der Waals surface area contributed by atoms with E-state index in [1.54, 1.807) is 18.7 Å². The average Bonchev–Trinajstić information content (AvgIpc) is 2.81. The molecule has 3 atom stereocenters. The number of hydrogen-bond donors (Lipinski definition) is 2. The molecule has 1 aliphatic heterocycles. The summed E-state index contributed by atoms with van der Waals surface area (Å²) < 4.78 is 5.25. The molecule has 0 amide bonds. The van der Waals surface area contributed by atoms with E-state index in [1.807, 2.05) is 54.6 Å². The highest BCUT2D eigenvalue weighted by atomic mass is 16.5. The van der Waals surface area contributed by atoms with Gasteiger partial charge < -0.3 is 9.84 Å². The van der Waals surface area contributed by atoms with Gasteiger partial charge in [0.1, 0.15) is 6.04 Å². The first-order chi connectivity index (χ1) is 15.9. The Kier molecular flexibility index (Phi) is 8.74. The number of carbonyl (C=O) groups is 3. The summed E-state index contributed by atoms with van der Waals surface area (Å²) in [4.78, 5) is 39.4. The Morgan fingerprint density at radius 2 is 1.82 bits per heavy atom. The maximum absolute atomic E-state index is 13.6. The number of esters is 1. The third-order valence-electron chi connectivity index (χ3n) is 6.00. The molecule has 0 saturated carbocycles. The molecule has 2 aromatic rings. The van der Waals surface area contributed by atoms with Crippen molar-refractivity contribution in [2.45, 2.75) is 51.2 Å². The predicted octanol–water partition coefficient (Wildman–Crippen LogP) is 2.78. The SMILES string of the molecule is CCOC(=O)[C@H](CCc1ccccc1)NC(C)C(=O)[C@@H]1c2ccccc2CCN1CC(=O)O. The Morgan fingerprint density at radius 1 is 1.12 bits per heavy atom. The van der Waals surface area contributed by atoms with Gasteiger partial charge in [-0.1, -0.05) is 54.6 Å². The van der Waals surface area contributed by atoms with E-state index in [0.29, 0.717) is 25.8 Å². The number of nitrogens with one attached hydrogen (secondary N) is 1. The van der Waals surface area contributed by atoms with Gasteiger partial charge in [-0.15, -0.1) is 0 Å². The molecule has 7 heteroatoms. The summed E-state index contributed by atoms with van der Waals surface area (Å²) in [7, 11) is 0. The standard InChI is InChI=1S/C26H32N2O5/c1-3-33-26(32)22(14-13-19-9-5-4-6-10-19)27-18(2)25(31)24-21-12-8-7-11-20(21)15-16-28(24)17-23(29)30/h4-12,18,22,24,27H,3,13-17H2,1-2H3,(H,29,30)/t18?,22-,24-/m0/s1. The van der Waals surface area contributed by atoms with Crippen molar-refractivity contribution in [3.05, 3.63) is 71.3 Å². The molecule has 176 valence electrons. The number of fused-ring (bicyclic) bond motifs is 1. The Bertz CT molecular complexity index is 962. The number of benzene rings is 2. The molecule has 33 heavy (non-hydrogen) atoms. The largest absolute Gasteiger partial charge is 0.480 e. The molecule has 0 bridgehead atoms. The first kappa shape index (κ1) is 24.6. The van der Waals surface area contributed by atoms with Crippen LogP contribution in [-0.4, -0.2) is 59.5 Å². The van der Waals surface area contributed by atoms with E-state index in [4.69, 9.17) is 4.74 Å². The minimum absolute atomic E-state index is 0.155. The van der Waals surface area contributed by atoms with Crippen LogP contribution in [0.15, 0.2) is 54.6 Å². The van der Waals surface area contributed by atoms with E-state index < -0.39 is 24.1 Å². The molecular formula is C26H32N2O5. The molecule has 2 N–H and O–H groups in total. The Morgan fingerprint density at radius 3 is 2.52 bits per heavy atom. The van der Waals surface area contributed by atoms with Crippen LogP contribution in [0.2, 0.25) is 0 Å². The third kappa shape index (κ3) is 6.49. The summed E-state index contributed by atoms with van der Waals surface area (Å²) >= 11 is 0. The number of carboxylic acids is 1. The summed E-state index contributed by atoms with van der Waals surface area (Å²) in [6.45, 7) is 4.01. The third-order valence-corrected chi connectivity index (χ3v) is 6.00. The van der Waals surface area contributed by atoms with Gasteiger partial charge in [-0.3, -0.25) is 24.6 Å². The predicted molar refractivity (Wildman–Crippen MR) is 125 cm³/mol. The molecule has 7 nitrogen and oxygen atoms in total. The van der Waals surface area contributed by atoms with Gasteiger partial charge in [-0.05, 0) is 49.8 Å². The smallest absolute Gasteiger partial charge is 0.323 e. The molecule has 0 fully saturated rings. The Balaban J connectivity index is 1.78. The second-order valence-corrected chi connectivity index (χ2v) is 8.34. The number of nitrogens with zero attached hydrogens (tertiary/aromatic N) is 1. The summed E-state index contributed by atoms with van der Waals surface area (Å²) in [6.07, 6.45) is 1.84. The average molecular weight is 453 g/mol. The Hall–Kier alpha value is -3.03. The molecule has 0 aromatic heterocycles. The fourth-order valence-corrected chi connectivity index (χ4v) is 4.38. The van der Waals surface area contributed by atoms with Crippen LogP contribution in [0, 0.1) is 0 Å². The van der Waals surface area contributed by atoms with Crippen LogP contribution in [0.1, 0.15) is 43.0 Å². The lowest BCUT2D eigenvalue weighted by Crippen LogP contribution is -2.52. The number of carboxylic acid groups (broad SMARTS) is 1. The highest BCUT2D eigenvalue weighted by Crippen LogP contribution is 2.31. The van der Waals surface area contributed by atoms with Crippen LogP contribution >= 0.6 is 0 Å². The van der Waals surface area contributed by atoms with Gasteiger partial charge >= 0.3 is 11.9 Å². The van der Waals surface area contributed by atoms with E-state index >= 15 is 0 Å². The molecule has 0 saturated heterocycles. The quantitative estimate of drug-likeness (QED) is 0.506. The lowest BCUT2D eigenvalue weighted by atomic mass is 9.88. The number of carbonyl (C=O) groups excluding carboxylic acids is 2. The van der Waals surface area contributed by atoms with Gasteiger partial charge in [-0.2, -0.15) is 0 Å². The number of ether oxygens (including phenoxy) is 1. The molecule has 1 unspecified atom stereocenters. The maximum Gasteiger partial charge on any atom is 0.323 e. The van der Waals surface area contributed by atoms with Crippen molar-refractivity contribution in [3.8, 4) is 0 Å². The maximum atomic E-state index is 13.6. The van der Waals surface area contributed by atoms with Gasteiger partial charge in [0.05, 0.1) is 25.2 Å². The zero-order valence-corrected chi connectivity index (χ0v) is 19.2. The van der Waals surface area contributed by atoms with Crippen LogP contribution < -0.4 is 5.32 Å². The normalized spacial score (nSPS) is 17.6. The number of aryl methyl sites for hydroxylation is 1.